The largest absolute Gasteiger partial charge is 0.390 e. The lowest BCUT2D eigenvalue weighted by Crippen LogP contribution is -2.69. The van der Waals surface area contributed by atoms with E-state index in [9.17, 15) is 19.8 Å². The van der Waals surface area contributed by atoms with Crippen molar-refractivity contribution in [3.63, 3.8) is 0 Å². The molecule has 0 radical (unpaired) electrons. The molecule has 6 rings (SSSR count). The average molecular weight is 502 g/mol. The lowest BCUT2D eigenvalue weighted by atomic mass is 9.44. The second-order valence-corrected chi connectivity index (χ2v) is 12.5. The highest BCUT2D eigenvalue weighted by molar-refractivity contribution is 7.09. The van der Waals surface area contributed by atoms with Gasteiger partial charge in [0.15, 0.2) is 22.8 Å². The molecular formula is C27H32FNO5S. The highest BCUT2D eigenvalue weighted by Gasteiger charge is 2.78. The lowest BCUT2D eigenvalue weighted by molar-refractivity contribution is -0.267. The number of alkyl halides is 1. The van der Waals surface area contributed by atoms with E-state index in [1.54, 1.807) is 24.3 Å². The molecule has 2 heterocycles. The van der Waals surface area contributed by atoms with Crippen LogP contribution in [0.4, 0.5) is 4.39 Å². The molecule has 4 aliphatic carbocycles. The fourth-order valence-corrected chi connectivity index (χ4v) is 9.32. The van der Waals surface area contributed by atoms with Crippen LogP contribution >= 0.6 is 11.3 Å². The summed E-state index contributed by atoms with van der Waals surface area (Å²) in [5.41, 5.74) is -4.39. The SMILES string of the molecule is C[C@]12C=CC(=O)C=C1CC[C@H]1[C@@H]3C[C@H]4CN(Cc5cccs5)O[C@@]4(C(=O)CO)[C@@]3(C)C[C@H](O)[C@@]12F. The van der Waals surface area contributed by atoms with Crippen molar-refractivity contribution in [2.75, 3.05) is 13.2 Å². The first-order valence-electron chi connectivity index (χ1n) is 12.5. The quantitative estimate of drug-likeness (QED) is 0.658. The number of allylic oxidation sites excluding steroid dienone is 4. The first-order valence-corrected chi connectivity index (χ1v) is 13.4. The van der Waals surface area contributed by atoms with Crippen LogP contribution in [0.25, 0.3) is 0 Å². The van der Waals surface area contributed by atoms with Gasteiger partial charge < -0.3 is 10.2 Å². The maximum absolute atomic E-state index is 17.3. The number of carbonyl (C=O) groups is 2. The molecule has 0 bridgehead atoms. The maximum atomic E-state index is 17.3. The molecule has 0 amide bonds. The maximum Gasteiger partial charge on any atom is 0.192 e. The summed E-state index contributed by atoms with van der Waals surface area (Å²) in [6.07, 6.45) is 5.01. The summed E-state index contributed by atoms with van der Waals surface area (Å²) in [5, 5.41) is 25.4. The van der Waals surface area contributed by atoms with Gasteiger partial charge in [-0.25, -0.2) is 4.39 Å². The lowest BCUT2D eigenvalue weighted by Gasteiger charge is -2.62. The normalized spacial score (nSPS) is 46.5. The van der Waals surface area contributed by atoms with Crippen LogP contribution in [-0.4, -0.2) is 57.4 Å². The molecule has 1 aromatic heterocycles. The Morgan fingerprint density at radius 3 is 2.86 bits per heavy atom. The number of hydrogen-bond donors (Lipinski definition) is 2. The Morgan fingerprint density at radius 2 is 2.14 bits per heavy atom. The Labute approximate surface area is 208 Å². The average Bonchev–Trinajstić information content (AvgIpc) is 3.51. The number of nitrogens with zero attached hydrogens (tertiary/aromatic N) is 1. The number of ketones is 2. The zero-order valence-electron chi connectivity index (χ0n) is 20.1. The highest BCUT2D eigenvalue weighted by atomic mass is 32.1. The molecule has 8 heteroatoms. The van der Waals surface area contributed by atoms with E-state index in [2.05, 4.69) is 0 Å². The minimum absolute atomic E-state index is 0.0599. The van der Waals surface area contributed by atoms with Crippen LogP contribution < -0.4 is 0 Å². The molecule has 0 spiro atoms. The van der Waals surface area contributed by atoms with E-state index in [1.807, 2.05) is 29.5 Å². The number of fused-ring (bicyclic) bond motifs is 7. The van der Waals surface area contributed by atoms with Gasteiger partial charge in [-0.3, -0.25) is 14.4 Å². The van der Waals surface area contributed by atoms with Crippen molar-refractivity contribution in [1.82, 2.24) is 5.06 Å². The van der Waals surface area contributed by atoms with Crippen molar-refractivity contribution < 1.29 is 29.0 Å². The number of hydroxylamine groups is 2. The van der Waals surface area contributed by atoms with E-state index in [-0.39, 0.29) is 29.8 Å². The van der Waals surface area contributed by atoms with E-state index >= 15 is 4.39 Å². The zero-order chi connectivity index (χ0) is 24.8. The molecule has 5 aliphatic rings. The number of Topliss-reactive ketones (excluding diaryl/α,β-unsaturated/α-hetero) is 1. The van der Waals surface area contributed by atoms with Crippen LogP contribution in [0.3, 0.4) is 0 Å². The first kappa shape index (κ1) is 23.7. The van der Waals surface area contributed by atoms with E-state index in [0.29, 0.717) is 32.4 Å². The van der Waals surface area contributed by atoms with Crippen molar-refractivity contribution in [3.05, 3.63) is 46.2 Å². The van der Waals surface area contributed by atoms with E-state index in [4.69, 9.17) is 4.84 Å². The number of carbonyl (C=O) groups excluding carboxylic acids is 2. The van der Waals surface area contributed by atoms with Crippen molar-refractivity contribution in [2.45, 2.75) is 63.4 Å². The minimum atomic E-state index is -1.95. The first-order chi connectivity index (χ1) is 16.6. The van der Waals surface area contributed by atoms with Gasteiger partial charge in [0.1, 0.15) is 6.61 Å². The van der Waals surface area contributed by atoms with Crippen molar-refractivity contribution >= 4 is 22.9 Å². The minimum Gasteiger partial charge on any atom is -0.390 e. The molecule has 4 fully saturated rings. The number of halogens is 1. The van der Waals surface area contributed by atoms with Crippen molar-refractivity contribution in [2.24, 2.45) is 28.6 Å². The van der Waals surface area contributed by atoms with Crippen LogP contribution in [0.5, 0.6) is 0 Å². The number of aliphatic hydroxyl groups excluding tert-OH is 2. The van der Waals surface area contributed by atoms with Crippen molar-refractivity contribution in [3.8, 4) is 0 Å². The molecule has 35 heavy (non-hydrogen) atoms. The van der Waals surface area contributed by atoms with Gasteiger partial charge in [0.05, 0.1) is 12.6 Å². The topological polar surface area (TPSA) is 87.1 Å². The summed E-state index contributed by atoms with van der Waals surface area (Å²) < 4.78 is 17.3. The Kier molecular flexibility index (Phi) is 5.17. The smallest absolute Gasteiger partial charge is 0.192 e. The monoisotopic (exact) mass is 501 g/mol. The third kappa shape index (κ3) is 2.83. The Balaban J connectivity index is 1.40. The Hall–Kier alpha value is -1.71. The zero-order valence-corrected chi connectivity index (χ0v) is 20.9. The highest BCUT2D eigenvalue weighted by Crippen LogP contribution is 2.72. The van der Waals surface area contributed by atoms with Gasteiger partial charge in [-0.15, -0.1) is 11.3 Å². The summed E-state index contributed by atoms with van der Waals surface area (Å²) in [4.78, 5) is 33.1. The molecule has 2 N–H and O–H groups in total. The molecule has 1 aliphatic heterocycles. The predicted octanol–water partition coefficient (Wildman–Crippen LogP) is 3.39. The molecule has 0 aromatic carbocycles. The summed E-state index contributed by atoms with van der Waals surface area (Å²) in [5.74, 6) is -1.40. The van der Waals surface area contributed by atoms with Gasteiger partial charge >= 0.3 is 0 Å². The second-order valence-electron chi connectivity index (χ2n) is 11.5. The van der Waals surface area contributed by atoms with Gasteiger partial charge in [-0.2, -0.15) is 5.06 Å². The molecule has 1 aromatic rings. The van der Waals surface area contributed by atoms with Crippen LogP contribution in [0.15, 0.2) is 41.3 Å². The molecule has 188 valence electrons. The van der Waals surface area contributed by atoms with E-state index in [1.165, 1.54) is 12.2 Å². The predicted molar refractivity (Wildman–Crippen MR) is 128 cm³/mol. The van der Waals surface area contributed by atoms with Crippen LogP contribution in [0, 0.1) is 28.6 Å². The number of hydrogen-bond acceptors (Lipinski definition) is 7. The molecule has 3 saturated carbocycles. The van der Waals surface area contributed by atoms with Gasteiger partial charge in [-0.05, 0) is 62.1 Å². The molecule has 6 nitrogen and oxygen atoms in total. The molecule has 8 atom stereocenters. The Bertz CT molecular complexity index is 1130. The fraction of sp³-hybridized carbons (Fsp3) is 0.630. The van der Waals surface area contributed by atoms with Crippen LogP contribution in [-0.2, 0) is 21.0 Å². The van der Waals surface area contributed by atoms with Gasteiger partial charge in [0.25, 0.3) is 0 Å². The van der Waals surface area contributed by atoms with Gasteiger partial charge in [-0.1, -0.05) is 24.6 Å². The number of rotatable bonds is 4. The molecule has 1 saturated heterocycles. The fourth-order valence-electron chi connectivity index (χ4n) is 8.62. The molecule has 0 unspecified atom stereocenters. The van der Waals surface area contributed by atoms with Gasteiger partial charge in [0, 0.05) is 34.1 Å². The van der Waals surface area contributed by atoms with Crippen LogP contribution in [0.1, 0.15) is 44.4 Å². The summed E-state index contributed by atoms with van der Waals surface area (Å²) in [6, 6.07) is 3.99. The standard InChI is InChI=1S/C27H32FNO5S/c1-24-8-7-18(31)10-16(24)5-6-20-21-11-17-13-29(14-19-4-3-9-35-19)34-27(17,23(33)15-30)25(21,2)12-22(32)26(20,24)28/h3-4,7-10,17,20-22,30,32H,5-6,11-15H2,1-2H3/t17-,20-,21-,22-,24-,25-,26-,27-/m0/s1. The molecular weight excluding hydrogens is 469 g/mol. The van der Waals surface area contributed by atoms with E-state index in [0.717, 1.165) is 10.5 Å². The number of aliphatic hydroxyl groups is 2. The second kappa shape index (κ2) is 7.65. The van der Waals surface area contributed by atoms with Crippen molar-refractivity contribution in [1.29, 1.82) is 0 Å². The summed E-state index contributed by atoms with van der Waals surface area (Å²) >= 11 is 1.62. The summed E-state index contributed by atoms with van der Waals surface area (Å²) in [6.45, 7) is 4.16. The third-order valence-electron chi connectivity index (χ3n) is 10.2. The van der Waals surface area contributed by atoms with E-state index < -0.39 is 40.7 Å². The van der Waals surface area contributed by atoms with Crippen LogP contribution in [0.2, 0.25) is 0 Å². The Morgan fingerprint density at radius 1 is 1.34 bits per heavy atom. The summed E-state index contributed by atoms with van der Waals surface area (Å²) in [7, 11) is 0. The number of thiophene rings is 1. The van der Waals surface area contributed by atoms with Gasteiger partial charge in [0.2, 0.25) is 0 Å². The third-order valence-corrected chi connectivity index (χ3v) is 11.0.